The van der Waals surface area contributed by atoms with Gasteiger partial charge < -0.3 is 10.6 Å². The molecule has 2 aromatic rings. The SMILES string of the molecule is Cc1c(NC(=S)NC2CCCC(C)C2C)c(=O)n(-c2ccccc2)n1C. The number of para-hydroxylation sites is 1. The number of hydrogen-bond donors (Lipinski definition) is 2. The molecule has 5 nitrogen and oxygen atoms in total. The average molecular weight is 373 g/mol. The van der Waals surface area contributed by atoms with Crippen LogP contribution >= 0.6 is 12.2 Å². The minimum Gasteiger partial charge on any atom is -0.359 e. The lowest BCUT2D eigenvalue weighted by atomic mass is 9.78. The molecule has 1 saturated carbocycles. The molecule has 0 radical (unpaired) electrons. The summed E-state index contributed by atoms with van der Waals surface area (Å²) in [6, 6.07) is 10.00. The zero-order valence-corrected chi connectivity index (χ0v) is 16.8. The number of thiocarbonyl (C=S) groups is 1. The average Bonchev–Trinajstić information content (AvgIpc) is 2.83. The Morgan fingerprint density at radius 2 is 1.88 bits per heavy atom. The van der Waals surface area contributed by atoms with Crippen LogP contribution in [0.2, 0.25) is 0 Å². The normalized spacial score (nSPS) is 22.8. The lowest BCUT2D eigenvalue weighted by Gasteiger charge is -2.35. The Bertz CT molecular complexity index is 839. The highest BCUT2D eigenvalue weighted by atomic mass is 32.1. The van der Waals surface area contributed by atoms with Crippen molar-refractivity contribution in [1.82, 2.24) is 14.7 Å². The predicted molar refractivity (Wildman–Crippen MR) is 111 cm³/mol. The van der Waals surface area contributed by atoms with Crippen molar-refractivity contribution >= 4 is 23.0 Å². The van der Waals surface area contributed by atoms with Gasteiger partial charge in [0.1, 0.15) is 5.69 Å². The monoisotopic (exact) mass is 372 g/mol. The van der Waals surface area contributed by atoms with Crippen molar-refractivity contribution in [3.63, 3.8) is 0 Å². The molecule has 0 bridgehead atoms. The van der Waals surface area contributed by atoms with E-state index < -0.39 is 0 Å². The summed E-state index contributed by atoms with van der Waals surface area (Å²) in [6.07, 6.45) is 3.62. The maximum Gasteiger partial charge on any atom is 0.295 e. The Hall–Kier alpha value is -2.08. The van der Waals surface area contributed by atoms with E-state index >= 15 is 0 Å². The van der Waals surface area contributed by atoms with Gasteiger partial charge in [0.05, 0.1) is 11.4 Å². The summed E-state index contributed by atoms with van der Waals surface area (Å²) in [5, 5.41) is 7.12. The zero-order valence-electron chi connectivity index (χ0n) is 16.0. The number of nitrogens with one attached hydrogen (secondary N) is 2. The van der Waals surface area contributed by atoms with Crippen LogP contribution in [0.5, 0.6) is 0 Å². The second kappa shape index (κ2) is 7.66. The van der Waals surface area contributed by atoms with Crippen LogP contribution in [-0.4, -0.2) is 20.5 Å². The summed E-state index contributed by atoms with van der Waals surface area (Å²) in [5.41, 5.74) is 2.13. The second-order valence-corrected chi connectivity index (χ2v) is 7.82. The molecule has 1 aromatic heterocycles. The molecule has 3 atom stereocenters. The summed E-state index contributed by atoms with van der Waals surface area (Å²) >= 11 is 5.52. The van der Waals surface area contributed by atoms with Crippen LogP contribution < -0.4 is 16.2 Å². The van der Waals surface area contributed by atoms with Gasteiger partial charge >= 0.3 is 0 Å². The van der Waals surface area contributed by atoms with Crippen LogP contribution in [0.15, 0.2) is 35.1 Å². The molecule has 0 aliphatic heterocycles. The van der Waals surface area contributed by atoms with E-state index in [2.05, 4.69) is 24.5 Å². The molecule has 3 rings (SSSR count). The fraction of sp³-hybridized carbons (Fsp3) is 0.500. The minimum absolute atomic E-state index is 0.0922. The number of hydrogen-bond acceptors (Lipinski definition) is 2. The van der Waals surface area contributed by atoms with Gasteiger partial charge in [0, 0.05) is 13.1 Å². The maximum atomic E-state index is 12.9. The first-order chi connectivity index (χ1) is 12.4. The van der Waals surface area contributed by atoms with Crippen molar-refractivity contribution in [2.24, 2.45) is 18.9 Å². The van der Waals surface area contributed by atoms with Gasteiger partial charge in [0.15, 0.2) is 5.11 Å². The fourth-order valence-corrected chi connectivity index (χ4v) is 4.07. The molecule has 0 spiro atoms. The summed E-state index contributed by atoms with van der Waals surface area (Å²) in [5.74, 6) is 1.26. The molecule has 26 heavy (non-hydrogen) atoms. The molecule has 1 heterocycles. The van der Waals surface area contributed by atoms with Gasteiger partial charge in [0.25, 0.3) is 5.56 Å². The molecular formula is C20H28N4OS. The van der Waals surface area contributed by atoms with Gasteiger partial charge in [-0.2, -0.15) is 0 Å². The standard InChI is InChI=1S/C20H28N4OS/c1-13-9-8-12-17(14(13)2)21-20(26)22-18-15(3)23(4)24(19(18)25)16-10-6-5-7-11-16/h5-7,10-11,13-14,17H,8-9,12H2,1-4H3,(H2,21,22,26). The van der Waals surface area contributed by atoms with Gasteiger partial charge in [-0.15, -0.1) is 0 Å². The predicted octanol–water partition coefficient (Wildman–Crippen LogP) is 3.60. The van der Waals surface area contributed by atoms with Crippen LogP contribution in [0.4, 0.5) is 5.69 Å². The van der Waals surface area contributed by atoms with E-state index in [9.17, 15) is 4.79 Å². The molecule has 0 amide bonds. The molecule has 2 N–H and O–H groups in total. The summed E-state index contributed by atoms with van der Waals surface area (Å²) < 4.78 is 3.51. The van der Waals surface area contributed by atoms with Crippen molar-refractivity contribution < 1.29 is 0 Å². The highest BCUT2D eigenvalue weighted by Gasteiger charge is 2.27. The highest BCUT2D eigenvalue weighted by Crippen LogP contribution is 2.29. The van der Waals surface area contributed by atoms with E-state index in [-0.39, 0.29) is 5.56 Å². The Labute approximate surface area is 160 Å². The third kappa shape index (κ3) is 3.56. The summed E-state index contributed by atoms with van der Waals surface area (Å²) in [7, 11) is 1.89. The smallest absolute Gasteiger partial charge is 0.295 e. The number of anilines is 1. The number of nitrogens with zero attached hydrogens (tertiary/aromatic N) is 2. The summed E-state index contributed by atoms with van der Waals surface area (Å²) in [6.45, 7) is 6.51. The van der Waals surface area contributed by atoms with Crippen LogP contribution in [0.1, 0.15) is 38.8 Å². The van der Waals surface area contributed by atoms with E-state index in [1.54, 1.807) is 4.68 Å². The van der Waals surface area contributed by atoms with E-state index in [0.717, 1.165) is 17.8 Å². The molecular weight excluding hydrogens is 344 g/mol. The highest BCUT2D eigenvalue weighted by molar-refractivity contribution is 7.80. The summed E-state index contributed by atoms with van der Waals surface area (Å²) in [4.78, 5) is 12.9. The van der Waals surface area contributed by atoms with Crippen molar-refractivity contribution in [1.29, 1.82) is 0 Å². The first kappa shape index (κ1) is 18.7. The molecule has 1 aliphatic rings. The molecule has 6 heteroatoms. The number of rotatable bonds is 3. The van der Waals surface area contributed by atoms with Crippen LogP contribution in [0.25, 0.3) is 5.69 Å². The van der Waals surface area contributed by atoms with Crippen LogP contribution in [-0.2, 0) is 7.05 Å². The van der Waals surface area contributed by atoms with Gasteiger partial charge in [-0.1, -0.05) is 44.9 Å². The van der Waals surface area contributed by atoms with Crippen molar-refractivity contribution in [2.75, 3.05) is 5.32 Å². The minimum atomic E-state index is -0.0922. The topological polar surface area (TPSA) is 51.0 Å². The van der Waals surface area contributed by atoms with Crippen molar-refractivity contribution in [3.8, 4) is 5.69 Å². The van der Waals surface area contributed by atoms with Crippen molar-refractivity contribution in [3.05, 3.63) is 46.4 Å². The molecule has 1 aliphatic carbocycles. The zero-order chi connectivity index (χ0) is 18.8. The quantitative estimate of drug-likeness (QED) is 0.809. The van der Waals surface area contributed by atoms with Crippen LogP contribution in [0, 0.1) is 18.8 Å². The van der Waals surface area contributed by atoms with E-state index in [1.165, 1.54) is 12.8 Å². The lowest BCUT2D eigenvalue weighted by molar-refractivity contribution is 0.225. The van der Waals surface area contributed by atoms with Crippen LogP contribution in [0.3, 0.4) is 0 Å². The fourth-order valence-electron chi connectivity index (χ4n) is 3.82. The molecule has 3 unspecified atom stereocenters. The number of benzene rings is 1. The number of aromatic nitrogens is 2. The second-order valence-electron chi connectivity index (χ2n) is 7.41. The molecule has 140 valence electrons. The van der Waals surface area contributed by atoms with Gasteiger partial charge in [-0.3, -0.25) is 9.48 Å². The molecule has 0 saturated heterocycles. The Morgan fingerprint density at radius 3 is 2.58 bits per heavy atom. The maximum absolute atomic E-state index is 12.9. The van der Waals surface area contributed by atoms with Gasteiger partial charge in [-0.25, -0.2) is 4.68 Å². The molecule has 1 aromatic carbocycles. The van der Waals surface area contributed by atoms with E-state index in [0.29, 0.717) is 28.7 Å². The van der Waals surface area contributed by atoms with Gasteiger partial charge in [-0.05, 0) is 49.5 Å². The van der Waals surface area contributed by atoms with E-state index in [4.69, 9.17) is 12.2 Å². The Balaban J connectivity index is 1.80. The lowest BCUT2D eigenvalue weighted by Crippen LogP contribution is -2.45. The third-order valence-corrected chi connectivity index (χ3v) is 6.04. The van der Waals surface area contributed by atoms with E-state index in [1.807, 2.05) is 49.0 Å². The molecule has 1 fully saturated rings. The van der Waals surface area contributed by atoms with Gasteiger partial charge in [0.2, 0.25) is 0 Å². The first-order valence-electron chi connectivity index (χ1n) is 9.31. The first-order valence-corrected chi connectivity index (χ1v) is 9.72. The largest absolute Gasteiger partial charge is 0.359 e. The Morgan fingerprint density at radius 1 is 1.19 bits per heavy atom. The van der Waals surface area contributed by atoms with Crippen molar-refractivity contribution in [2.45, 2.75) is 46.1 Å². The Kier molecular flexibility index (Phi) is 5.51. The third-order valence-electron chi connectivity index (χ3n) is 5.82.